The van der Waals surface area contributed by atoms with E-state index in [-0.39, 0.29) is 19.5 Å². The summed E-state index contributed by atoms with van der Waals surface area (Å²) in [6.07, 6.45) is 0.233. The molecule has 0 atom stereocenters. The standard InChI is InChI=1S/C9H12O6/c1-3-14-8(12)6(5-10)7(11)9(13)15-4-2/h5,10H,3-4H2,1-2H3. The zero-order valence-corrected chi connectivity index (χ0v) is 8.48. The molecule has 1 N–H and O–H groups in total. The van der Waals surface area contributed by atoms with Gasteiger partial charge in [0.15, 0.2) is 0 Å². The van der Waals surface area contributed by atoms with Crippen molar-refractivity contribution in [1.82, 2.24) is 0 Å². The first kappa shape index (κ1) is 13.2. The second kappa shape index (κ2) is 6.58. The molecule has 0 aromatic heterocycles. The molecule has 0 bridgehead atoms. The molecule has 0 radical (unpaired) electrons. The SMILES string of the molecule is CCOC(=O)C(=O)C(=CO)C(=O)OCC. The summed E-state index contributed by atoms with van der Waals surface area (Å²) in [5, 5.41) is 8.62. The number of ether oxygens (including phenoxy) is 2. The van der Waals surface area contributed by atoms with Crippen LogP contribution in [0, 0.1) is 0 Å². The lowest BCUT2D eigenvalue weighted by molar-refractivity contribution is -0.154. The van der Waals surface area contributed by atoms with E-state index in [9.17, 15) is 14.4 Å². The summed E-state index contributed by atoms with van der Waals surface area (Å²) in [6.45, 7) is 3.08. The first-order valence-corrected chi connectivity index (χ1v) is 4.31. The second-order valence-electron chi connectivity index (χ2n) is 2.31. The molecule has 0 aromatic rings. The number of hydrogen-bond donors (Lipinski definition) is 1. The van der Waals surface area contributed by atoms with E-state index in [1.807, 2.05) is 0 Å². The molecular formula is C9H12O6. The molecule has 6 heteroatoms. The number of carbonyl (C=O) groups is 3. The molecule has 0 aliphatic rings. The fraction of sp³-hybridized carbons (Fsp3) is 0.444. The van der Waals surface area contributed by atoms with E-state index in [0.29, 0.717) is 0 Å². The third-order valence-electron chi connectivity index (χ3n) is 1.33. The van der Waals surface area contributed by atoms with Crippen molar-refractivity contribution in [3.05, 3.63) is 11.8 Å². The lowest BCUT2D eigenvalue weighted by Crippen LogP contribution is -2.25. The van der Waals surface area contributed by atoms with Crippen LogP contribution in [0.2, 0.25) is 0 Å². The van der Waals surface area contributed by atoms with Crippen LogP contribution in [0.4, 0.5) is 0 Å². The summed E-state index contributed by atoms with van der Waals surface area (Å²) < 4.78 is 8.82. The maximum Gasteiger partial charge on any atom is 0.380 e. The van der Waals surface area contributed by atoms with Gasteiger partial charge in [-0.05, 0) is 13.8 Å². The minimum atomic E-state index is -1.22. The van der Waals surface area contributed by atoms with Gasteiger partial charge in [0, 0.05) is 0 Å². The molecular weight excluding hydrogens is 204 g/mol. The molecule has 0 saturated carbocycles. The Bertz CT molecular complexity index is 291. The maximum absolute atomic E-state index is 11.2. The van der Waals surface area contributed by atoms with Crippen LogP contribution in [0.1, 0.15) is 13.8 Å². The Hall–Kier alpha value is -1.85. The number of hydrogen-bond acceptors (Lipinski definition) is 6. The lowest BCUT2D eigenvalue weighted by Gasteiger charge is -2.03. The van der Waals surface area contributed by atoms with E-state index in [1.165, 1.54) is 13.8 Å². The van der Waals surface area contributed by atoms with Gasteiger partial charge < -0.3 is 14.6 Å². The number of aliphatic hydroxyl groups excluding tert-OH is 1. The van der Waals surface area contributed by atoms with E-state index in [4.69, 9.17) is 5.11 Å². The van der Waals surface area contributed by atoms with Crippen LogP contribution >= 0.6 is 0 Å². The highest BCUT2D eigenvalue weighted by Gasteiger charge is 2.27. The van der Waals surface area contributed by atoms with E-state index in [2.05, 4.69) is 9.47 Å². The number of Topliss-reactive ketones (excluding diaryl/α,β-unsaturated/α-hetero) is 1. The van der Waals surface area contributed by atoms with Gasteiger partial charge >= 0.3 is 11.9 Å². The molecule has 0 aromatic carbocycles. The smallest absolute Gasteiger partial charge is 0.380 e. The predicted molar refractivity (Wildman–Crippen MR) is 49.0 cm³/mol. The summed E-state index contributed by atoms with van der Waals surface area (Å²) in [7, 11) is 0. The molecule has 0 saturated heterocycles. The van der Waals surface area contributed by atoms with Crippen molar-refractivity contribution in [2.75, 3.05) is 13.2 Å². The van der Waals surface area contributed by atoms with Crippen LogP contribution in [-0.2, 0) is 23.9 Å². The number of rotatable bonds is 5. The number of esters is 2. The fourth-order valence-corrected chi connectivity index (χ4v) is 0.719. The Balaban J connectivity index is 4.63. The van der Waals surface area contributed by atoms with Crippen LogP contribution in [-0.4, -0.2) is 36.0 Å². The first-order chi connectivity index (χ1) is 7.08. The van der Waals surface area contributed by atoms with Gasteiger partial charge in [-0.15, -0.1) is 0 Å². The van der Waals surface area contributed by atoms with Gasteiger partial charge in [-0.25, -0.2) is 9.59 Å². The van der Waals surface area contributed by atoms with E-state index in [1.54, 1.807) is 0 Å². The molecule has 0 heterocycles. The molecule has 0 fully saturated rings. The highest BCUT2D eigenvalue weighted by atomic mass is 16.5. The topological polar surface area (TPSA) is 89.9 Å². The summed E-state index contributed by atoms with van der Waals surface area (Å²) in [6, 6.07) is 0. The maximum atomic E-state index is 11.2. The highest BCUT2D eigenvalue weighted by molar-refractivity contribution is 6.46. The number of ketones is 1. The van der Waals surface area contributed by atoms with Gasteiger partial charge in [-0.3, -0.25) is 4.79 Å². The Morgan fingerprint density at radius 2 is 1.53 bits per heavy atom. The van der Waals surface area contributed by atoms with Gasteiger partial charge in [0.1, 0.15) is 5.57 Å². The van der Waals surface area contributed by atoms with Crippen LogP contribution in [0.3, 0.4) is 0 Å². The zero-order valence-electron chi connectivity index (χ0n) is 8.48. The van der Waals surface area contributed by atoms with Gasteiger partial charge in [0.25, 0.3) is 5.78 Å². The average Bonchev–Trinajstić information content (AvgIpc) is 2.19. The third-order valence-corrected chi connectivity index (χ3v) is 1.33. The third kappa shape index (κ3) is 3.80. The fourth-order valence-electron chi connectivity index (χ4n) is 0.719. The van der Waals surface area contributed by atoms with Gasteiger partial charge in [-0.1, -0.05) is 0 Å². The monoisotopic (exact) mass is 216 g/mol. The summed E-state index contributed by atoms with van der Waals surface area (Å²) in [5.41, 5.74) is -0.740. The molecule has 6 nitrogen and oxygen atoms in total. The summed E-state index contributed by atoms with van der Waals surface area (Å²) in [4.78, 5) is 33.1. The quantitative estimate of drug-likeness (QED) is 0.175. The largest absolute Gasteiger partial charge is 0.515 e. The molecule has 0 spiro atoms. The van der Waals surface area contributed by atoms with Gasteiger partial charge in [0.2, 0.25) is 0 Å². The van der Waals surface area contributed by atoms with Crippen molar-refractivity contribution in [3.63, 3.8) is 0 Å². The number of aliphatic hydroxyl groups is 1. The predicted octanol–water partition coefficient (Wildman–Crippen LogP) is 0.124. The normalized spacial score (nSPS) is 10.7. The number of carbonyl (C=O) groups excluding carboxylic acids is 3. The van der Waals surface area contributed by atoms with E-state index >= 15 is 0 Å². The lowest BCUT2D eigenvalue weighted by atomic mass is 10.2. The van der Waals surface area contributed by atoms with Crippen LogP contribution in [0.15, 0.2) is 11.8 Å². The summed E-state index contributed by atoms with van der Waals surface area (Å²) >= 11 is 0. The minimum Gasteiger partial charge on any atom is -0.515 e. The summed E-state index contributed by atoms with van der Waals surface area (Å²) in [5.74, 6) is -3.48. The van der Waals surface area contributed by atoms with Gasteiger partial charge in [0.05, 0.1) is 19.5 Å². The Morgan fingerprint density at radius 1 is 1.07 bits per heavy atom. The average molecular weight is 216 g/mol. The molecule has 0 amide bonds. The van der Waals surface area contributed by atoms with Crippen molar-refractivity contribution >= 4 is 17.7 Å². The van der Waals surface area contributed by atoms with Crippen LogP contribution in [0.25, 0.3) is 0 Å². The molecule has 84 valence electrons. The van der Waals surface area contributed by atoms with Crippen molar-refractivity contribution in [2.45, 2.75) is 13.8 Å². The first-order valence-electron chi connectivity index (χ1n) is 4.31. The van der Waals surface area contributed by atoms with Crippen molar-refractivity contribution in [3.8, 4) is 0 Å². The second-order valence-corrected chi connectivity index (χ2v) is 2.31. The Morgan fingerprint density at radius 3 is 1.93 bits per heavy atom. The minimum absolute atomic E-state index is 0.00606. The van der Waals surface area contributed by atoms with Crippen molar-refractivity contribution in [1.29, 1.82) is 0 Å². The van der Waals surface area contributed by atoms with Crippen LogP contribution in [0.5, 0.6) is 0 Å². The zero-order chi connectivity index (χ0) is 11.8. The van der Waals surface area contributed by atoms with E-state index in [0.717, 1.165) is 0 Å². The Labute approximate surface area is 86.5 Å². The Kier molecular flexibility index (Phi) is 5.77. The van der Waals surface area contributed by atoms with E-state index < -0.39 is 23.3 Å². The molecule has 0 aliphatic heterocycles. The molecule has 15 heavy (non-hydrogen) atoms. The molecule has 0 unspecified atom stereocenters. The molecule has 0 aliphatic carbocycles. The highest BCUT2D eigenvalue weighted by Crippen LogP contribution is 2.01. The van der Waals surface area contributed by atoms with Crippen molar-refractivity contribution in [2.24, 2.45) is 0 Å². The van der Waals surface area contributed by atoms with Crippen LogP contribution < -0.4 is 0 Å². The van der Waals surface area contributed by atoms with Gasteiger partial charge in [-0.2, -0.15) is 0 Å². The van der Waals surface area contributed by atoms with Crippen molar-refractivity contribution < 1.29 is 29.0 Å². The molecule has 0 rings (SSSR count).